The minimum absolute atomic E-state index is 0.0951. The number of hydrogen-bond donors (Lipinski definition) is 2. The van der Waals surface area contributed by atoms with Crippen LogP contribution in [0.25, 0.3) is 0 Å². The van der Waals surface area contributed by atoms with Crippen molar-refractivity contribution in [2.24, 2.45) is 5.92 Å². The second kappa shape index (κ2) is 8.67. The van der Waals surface area contributed by atoms with Crippen LogP contribution in [-0.2, 0) is 4.79 Å². The summed E-state index contributed by atoms with van der Waals surface area (Å²) in [5.41, 5.74) is 3.49. The number of carboxylic acid groups (broad SMARTS) is 1. The highest BCUT2D eigenvalue weighted by Gasteiger charge is 2.47. The van der Waals surface area contributed by atoms with Gasteiger partial charge >= 0.3 is 5.97 Å². The van der Waals surface area contributed by atoms with Crippen LogP contribution < -0.4 is 18.9 Å². The monoisotopic (exact) mass is 448 g/mol. The topological polar surface area (TPSA) is 94.5 Å². The van der Waals surface area contributed by atoms with Crippen molar-refractivity contribution in [1.82, 2.24) is 0 Å². The molecule has 1 aliphatic heterocycles. The van der Waals surface area contributed by atoms with Crippen molar-refractivity contribution in [2.75, 3.05) is 27.1 Å². The molecule has 0 aromatic heterocycles. The highest BCUT2D eigenvalue weighted by molar-refractivity contribution is 5.78. The van der Waals surface area contributed by atoms with E-state index >= 15 is 0 Å². The van der Waals surface area contributed by atoms with E-state index in [0.29, 0.717) is 23.0 Å². The van der Waals surface area contributed by atoms with Crippen molar-refractivity contribution in [3.05, 3.63) is 82.9 Å². The zero-order valence-corrected chi connectivity index (χ0v) is 18.1. The van der Waals surface area contributed by atoms with Gasteiger partial charge in [-0.15, -0.1) is 0 Å². The number of methoxy groups -OCH3 is 1. The number of carboxylic acids is 1. The average Bonchev–Trinajstić information content (AvgIpc) is 3.44. The summed E-state index contributed by atoms with van der Waals surface area (Å²) in [6, 6.07) is 18.8. The summed E-state index contributed by atoms with van der Waals surface area (Å²) in [4.78, 5) is 12.8. The predicted molar refractivity (Wildman–Crippen MR) is 119 cm³/mol. The van der Waals surface area contributed by atoms with Crippen LogP contribution in [0.2, 0.25) is 0 Å². The Morgan fingerprint density at radius 1 is 0.970 bits per heavy atom. The summed E-state index contributed by atoms with van der Waals surface area (Å²) in [6.45, 7) is 0.0976. The standard InChI is InChI=1S/C26H24O7/c1-30-16-7-8-19(21(13-16)31-11-10-27)24-18-5-3-2-4-17(18)23(25(24)26(28)29)15-6-9-20-22(12-15)33-14-32-20/h2-9,12-13,23-25,27H,10-11,14H2,1H3,(H,28,29)/t23-,24-,25+/m0/s1. The number of aliphatic carboxylic acids is 1. The van der Waals surface area contributed by atoms with E-state index in [9.17, 15) is 15.0 Å². The summed E-state index contributed by atoms with van der Waals surface area (Å²) >= 11 is 0. The Morgan fingerprint density at radius 3 is 2.45 bits per heavy atom. The van der Waals surface area contributed by atoms with E-state index in [1.165, 1.54) is 0 Å². The van der Waals surface area contributed by atoms with Gasteiger partial charge in [-0.1, -0.05) is 36.4 Å². The zero-order chi connectivity index (χ0) is 22.9. The number of ether oxygens (including phenoxy) is 4. The molecule has 3 atom stereocenters. The average molecular weight is 448 g/mol. The summed E-state index contributed by atoms with van der Waals surface area (Å²) in [5, 5.41) is 19.8. The molecule has 170 valence electrons. The molecule has 1 aliphatic carbocycles. The molecule has 0 fully saturated rings. The zero-order valence-electron chi connectivity index (χ0n) is 18.1. The van der Waals surface area contributed by atoms with Crippen LogP contribution in [0.15, 0.2) is 60.7 Å². The maximum atomic E-state index is 12.8. The maximum absolute atomic E-state index is 12.8. The highest BCUT2D eigenvalue weighted by Crippen LogP contribution is 2.55. The molecular formula is C26H24O7. The lowest BCUT2D eigenvalue weighted by Crippen LogP contribution is -2.24. The van der Waals surface area contributed by atoms with Gasteiger partial charge in [-0.25, -0.2) is 0 Å². The van der Waals surface area contributed by atoms with E-state index in [1.807, 2.05) is 48.5 Å². The Morgan fingerprint density at radius 2 is 1.73 bits per heavy atom. The molecule has 0 radical (unpaired) electrons. The molecule has 33 heavy (non-hydrogen) atoms. The largest absolute Gasteiger partial charge is 0.497 e. The Balaban J connectivity index is 1.67. The fourth-order valence-electron chi connectivity index (χ4n) is 4.98. The minimum Gasteiger partial charge on any atom is -0.497 e. The molecule has 0 saturated heterocycles. The molecule has 5 rings (SSSR count). The van der Waals surface area contributed by atoms with Gasteiger partial charge in [-0.3, -0.25) is 4.79 Å². The Bertz CT molecular complexity index is 1190. The summed E-state index contributed by atoms with van der Waals surface area (Å²) < 4.78 is 22.2. The number of fused-ring (bicyclic) bond motifs is 2. The van der Waals surface area contributed by atoms with E-state index in [-0.39, 0.29) is 25.9 Å². The van der Waals surface area contributed by atoms with E-state index < -0.39 is 17.8 Å². The first-order valence-corrected chi connectivity index (χ1v) is 10.7. The van der Waals surface area contributed by atoms with E-state index in [1.54, 1.807) is 19.2 Å². The molecule has 0 amide bonds. The lowest BCUT2D eigenvalue weighted by Gasteiger charge is -2.24. The normalized spacial score (nSPS) is 20.4. The number of carbonyl (C=O) groups is 1. The van der Waals surface area contributed by atoms with Gasteiger partial charge in [0.2, 0.25) is 6.79 Å². The Labute approximate surface area is 191 Å². The number of rotatable bonds is 7. The van der Waals surface area contributed by atoms with Gasteiger partial charge in [0.1, 0.15) is 18.1 Å². The van der Waals surface area contributed by atoms with Gasteiger partial charge in [0, 0.05) is 23.5 Å². The van der Waals surface area contributed by atoms with Crippen LogP contribution in [0, 0.1) is 5.92 Å². The first-order valence-electron chi connectivity index (χ1n) is 10.7. The smallest absolute Gasteiger partial charge is 0.308 e. The maximum Gasteiger partial charge on any atom is 0.308 e. The summed E-state index contributed by atoms with van der Waals surface area (Å²) in [5.74, 6) is -0.134. The number of benzene rings is 3. The van der Waals surface area contributed by atoms with E-state index in [0.717, 1.165) is 22.3 Å². The van der Waals surface area contributed by atoms with Crippen LogP contribution in [0.4, 0.5) is 0 Å². The van der Waals surface area contributed by atoms with Crippen LogP contribution in [0.5, 0.6) is 23.0 Å². The quantitative estimate of drug-likeness (QED) is 0.568. The molecule has 0 saturated carbocycles. The number of aliphatic hydroxyl groups excluding tert-OH is 1. The molecule has 3 aromatic carbocycles. The Kier molecular flexibility index (Phi) is 5.56. The second-order valence-electron chi connectivity index (χ2n) is 8.04. The third-order valence-electron chi connectivity index (χ3n) is 6.33. The lowest BCUT2D eigenvalue weighted by molar-refractivity contribution is -0.142. The van der Waals surface area contributed by atoms with Crippen LogP contribution >= 0.6 is 0 Å². The van der Waals surface area contributed by atoms with Gasteiger partial charge < -0.3 is 29.2 Å². The van der Waals surface area contributed by atoms with Crippen molar-refractivity contribution < 1.29 is 34.0 Å². The third kappa shape index (κ3) is 3.64. The molecule has 0 unspecified atom stereocenters. The van der Waals surface area contributed by atoms with Crippen molar-refractivity contribution >= 4 is 5.97 Å². The van der Waals surface area contributed by atoms with Gasteiger partial charge in [-0.2, -0.15) is 0 Å². The second-order valence-corrected chi connectivity index (χ2v) is 8.04. The van der Waals surface area contributed by atoms with Crippen molar-refractivity contribution in [3.63, 3.8) is 0 Å². The van der Waals surface area contributed by atoms with E-state index in [4.69, 9.17) is 18.9 Å². The molecule has 3 aromatic rings. The number of aliphatic hydroxyl groups is 1. The predicted octanol–water partition coefficient (Wildman–Crippen LogP) is 3.77. The van der Waals surface area contributed by atoms with Crippen molar-refractivity contribution in [2.45, 2.75) is 11.8 Å². The summed E-state index contributed by atoms with van der Waals surface area (Å²) in [7, 11) is 1.56. The van der Waals surface area contributed by atoms with Crippen LogP contribution in [0.1, 0.15) is 34.1 Å². The first-order chi connectivity index (χ1) is 16.1. The number of hydrogen-bond acceptors (Lipinski definition) is 6. The molecule has 0 spiro atoms. The van der Waals surface area contributed by atoms with Crippen molar-refractivity contribution in [3.8, 4) is 23.0 Å². The molecule has 7 nitrogen and oxygen atoms in total. The molecule has 0 bridgehead atoms. The summed E-state index contributed by atoms with van der Waals surface area (Å²) in [6.07, 6.45) is 0. The first kappa shape index (κ1) is 21.2. The fourth-order valence-corrected chi connectivity index (χ4v) is 4.98. The van der Waals surface area contributed by atoms with E-state index in [2.05, 4.69) is 0 Å². The molecule has 1 heterocycles. The fraction of sp³-hybridized carbons (Fsp3) is 0.269. The third-order valence-corrected chi connectivity index (χ3v) is 6.33. The minimum atomic E-state index is -0.900. The van der Waals surface area contributed by atoms with Crippen LogP contribution in [0.3, 0.4) is 0 Å². The lowest BCUT2D eigenvalue weighted by atomic mass is 9.79. The molecule has 2 aliphatic rings. The van der Waals surface area contributed by atoms with Gasteiger partial charge in [0.15, 0.2) is 11.5 Å². The highest BCUT2D eigenvalue weighted by atomic mass is 16.7. The van der Waals surface area contributed by atoms with Crippen molar-refractivity contribution in [1.29, 1.82) is 0 Å². The SMILES string of the molecule is COc1ccc([C@@H]2c3ccccc3[C@H](c3ccc4c(c3)OCO4)[C@H]2C(=O)O)c(OCCO)c1. The van der Waals surface area contributed by atoms with Gasteiger partial charge in [0.05, 0.1) is 19.6 Å². The molecular weight excluding hydrogens is 424 g/mol. The van der Waals surface area contributed by atoms with Crippen LogP contribution in [-0.4, -0.2) is 43.3 Å². The van der Waals surface area contributed by atoms with Gasteiger partial charge in [-0.05, 0) is 34.9 Å². The Hall–Kier alpha value is -3.71. The molecule has 2 N–H and O–H groups in total. The molecule has 7 heteroatoms. The van der Waals surface area contributed by atoms with Gasteiger partial charge in [0.25, 0.3) is 0 Å².